The fourth-order valence-electron chi connectivity index (χ4n) is 2.78. The lowest BCUT2D eigenvalue weighted by Gasteiger charge is -2.29. The largest absolute Gasteiger partial charge is 0.467 e. The standard InChI is InChI=1S/C14H21NO4/c1-6-14-7-9(11(16)18-5)15(10(14)8-14)12(17)19-13(2,3)4/h6,9-10H,1,7-8H2,2-5H3. The molecule has 1 aliphatic heterocycles. The van der Waals surface area contributed by atoms with Crippen LogP contribution in [0, 0.1) is 5.41 Å². The van der Waals surface area contributed by atoms with Crippen molar-refractivity contribution >= 4 is 12.1 Å². The van der Waals surface area contributed by atoms with Gasteiger partial charge in [-0.25, -0.2) is 9.59 Å². The molecule has 2 fully saturated rings. The lowest BCUT2D eigenvalue weighted by molar-refractivity contribution is -0.146. The van der Waals surface area contributed by atoms with Crippen LogP contribution in [0.2, 0.25) is 0 Å². The number of carbonyl (C=O) groups excluding carboxylic acids is 2. The van der Waals surface area contributed by atoms with E-state index in [1.807, 2.05) is 26.8 Å². The normalized spacial score (nSPS) is 32.5. The lowest BCUT2D eigenvalue weighted by atomic mass is 10.00. The van der Waals surface area contributed by atoms with Crippen LogP contribution in [0.4, 0.5) is 4.79 Å². The number of likely N-dealkylation sites (tertiary alicyclic amines) is 1. The van der Waals surface area contributed by atoms with E-state index < -0.39 is 17.7 Å². The van der Waals surface area contributed by atoms with Gasteiger partial charge in [0.25, 0.3) is 0 Å². The number of ether oxygens (including phenoxy) is 2. The molecule has 0 spiro atoms. The van der Waals surface area contributed by atoms with Gasteiger partial charge in [0.1, 0.15) is 11.6 Å². The topological polar surface area (TPSA) is 55.8 Å². The van der Waals surface area contributed by atoms with E-state index in [1.165, 1.54) is 12.0 Å². The number of nitrogens with zero attached hydrogens (tertiary/aromatic N) is 1. The van der Waals surface area contributed by atoms with Gasteiger partial charge in [0, 0.05) is 11.5 Å². The molecule has 1 heterocycles. The Morgan fingerprint density at radius 2 is 2.00 bits per heavy atom. The summed E-state index contributed by atoms with van der Waals surface area (Å²) in [7, 11) is 1.33. The summed E-state index contributed by atoms with van der Waals surface area (Å²) in [6.07, 6.45) is 2.82. The minimum Gasteiger partial charge on any atom is -0.467 e. The summed E-state index contributed by atoms with van der Waals surface area (Å²) in [5.41, 5.74) is -0.707. The third-order valence-corrected chi connectivity index (χ3v) is 3.81. The predicted octanol–water partition coefficient (Wildman–Crippen LogP) is 2.11. The SMILES string of the molecule is C=CC12CC(C(=O)OC)N(C(=O)OC(C)(C)C)C1C2. The Balaban J connectivity index is 2.18. The molecule has 106 valence electrons. The number of amides is 1. The number of hydrogen-bond acceptors (Lipinski definition) is 4. The molecule has 5 heteroatoms. The van der Waals surface area contributed by atoms with E-state index in [-0.39, 0.29) is 17.4 Å². The third kappa shape index (κ3) is 2.33. The second-order valence-electron chi connectivity index (χ2n) is 6.29. The molecule has 5 nitrogen and oxygen atoms in total. The first-order chi connectivity index (χ1) is 8.74. The van der Waals surface area contributed by atoms with Gasteiger partial charge < -0.3 is 9.47 Å². The summed E-state index contributed by atoms with van der Waals surface area (Å²) in [4.78, 5) is 25.6. The maximum Gasteiger partial charge on any atom is 0.411 e. The first-order valence-corrected chi connectivity index (χ1v) is 6.47. The number of piperidine rings is 1. The van der Waals surface area contributed by atoms with Gasteiger partial charge in [-0.05, 0) is 33.6 Å². The summed E-state index contributed by atoms with van der Waals surface area (Å²) in [6, 6.07) is -0.541. The molecule has 19 heavy (non-hydrogen) atoms. The molecular weight excluding hydrogens is 246 g/mol. The molecule has 1 saturated carbocycles. The highest BCUT2D eigenvalue weighted by Crippen LogP contribution is 2.60. The fourth-order valence-corrected chi connectivity index (χ4v) is 2.78. The summed E-state index contributed by atoms with van der Waals surface area (Å²) >= 11 is 0. The fraction of sp³-hybridized carbons (Fsp3) is 0.714. The van der Waals surface area contributed by atoms with E-state index >= 15 is 0 Å². The molecule has 0 aromatic carbocycles. The van der Waals surface area contributed by atoms with Crippen molar-refractivity contribution in [2.24, 2.45) is 5.41 Å². The summed E-state index contributed by atoms with van der Waals surface area (Å²) < 4.78 is 10.2. The van der Waals surface area contributed by atoms with Gasteiger partial charge in [0.2, 0.25) is 0 Å². The maximum atomic E-state index is 12.2. The van der Waals surface area contributed by atoms with Gasteiger partial charge in [0.05, 0.1) is 7.11 Å². The summed E-state index contributed by atoms with van der Waals surface area (Å²) in [5.74, 6) is -0.390. The van der Waals surface area contributed by atoms with Crippen molar-refractivity contribution in [2.75, 3.05) is 7.11 Å². The number of carbonyl (C=O) groups is 2. The summed E-state index contributed by atoms with van der Waals surface area (Å²) in [5, 5.41) is 0. The van der Waals surface area contributed by atoms with Crippen LogP contribution in [0.5, 0.6) is 0 Å². The van der Waals surface area contributed by atoms with Crippen LogP contribution in [-0.2, 0) is 14.3 Å². The third-order valence-electron chi connectivity index (χ3n) is 3.81. The molecule has 0 bridgehead atoms. The number of fused-ring (bicyclic) bond motifs is 1. The molecule has 0 radical (unpaired) electrons. The van der Waals surface area contributed by atoms with E-state index in [1.54, 1.807) is 0 Å². The van der Waals surface area contributed by atoms with Crippen LogP contribution in [0.3, 0.4) is 0 Å². The summed E-state index contributed by atoms with van der Waals surface area (Å²) in [6.45, 7) is 9.24. The second-order valence-corrected chi connectivity index (χ2v) is 6.29. The van der Waals surface area contributed by atoms with Crippen LogP contribution in [0.15, 0.2) is 12.7 Å². The van der Waals surface area contributed by atoms with Crippen molar-refractivity contribution in [3.63, 3.8) is 0 Å². The van der Waals surface area contributed by atoms with E-state index in [2.05, 4.69) is 6.58 Å². The highest BCUT2D eigenvalue weighted by molar-refractivity contribution is 5.83. The molecule has 0 N–H and O–H groups in total. The zero-order chi connectivity index (χ0) is 14.4. The molecule has 1 amide bonds. The highest BCUT2D eigenvalue weighted by Gasteiger charge is 2.66. The van der Waals surface area contributed by atoms with Crippen LogP contribution < -0.4 is 0 Å². The zero-order valence-electron chi connectivity index (χ0n) is 11.9. The molecule has 1 aliphatic carbocycles. The Morgan fingerprint density at radius 1 is 1.37 bits per heavy atom. The Kier molecular flexibility index (Phi) is 3.11. The smallest absolute Gasteiger partial charge is 0.411 e. The number of esters is 1. The van der Waals surface area contributed by atoms with Crippen molar-refractivity contribution in [1.29, 1.82) is 0 Å². The van der Waals surface area contributed by atoms with Gasteiger partial charge in [-0.1, -0.05) is 6.08 Å². The quantitative estimate of drug-likeness (QED) is 0.568. The van der Waals surface area contributed by atoms with Crippen molar-refractivity contribution < 1.29 is 19.1 Å². The first kappa shape index (κ1) is 13.9. The Hall–Kier alpha value is -1.52. The molecule has 0 aromatic rings. The molecule has 3 unspecified atom stereocenters. The second kappa shape index (κ2) is 4.25. The number of hydrogen-bond donors (Lipinski definition) is 0. The zero-order valence-corrected chi connectivity index (χ0v) is 11.9. The van der Waals surface area contributed by atoms with Crippen LogP contribution in [-0.4, -0.2) is 41.8 Å². The highest BCUT2D eigenvalue weighted by atomic mass is 16.6. The van der Waals surface area contributed by atoms with E-state index in [0.717, 1.165) is 6.42 Å². The maximum absolute atomic E-state index is 12.2. The molecule has 0 aromatic heterocycles. The van der Waals surface area contributed by atoms with Gasteiger partial charge >= 0.3 is 12.1 Å². The molecular formula is C14H21NO4. The van der Waals surface area contributed by atoms with E-state index in [9.17, 15) is 9.59 Å². The molecule has 2 aliphatic rings. The first-order valence-electron chi connectivity index (χ1n) is 6.47. The van der Waals surface area contributed by atoms with Crippen molar-refractivity contribution in [2.45, 2.75) is 51.3 Å². The van der Waals surface area contributed by atoms with Crippen LogP contribution in [0.1, 0.15) is 33.6 Å². The van der Waals surface area contributed by atoms with Gasteiger partial charge in [-0.3, -0.25) is 4.90 Å². The van der Waals surface area contributed by atoms with Crippen molar-refractivity contribution in [3.05, 3.63) is 12.7 Å². The van der Waals surface area contributed by atoms with E-state index in [4.69, 9.17) is 9.47 Å². The number of rotatable bonds is 2. The average Bonchev–Trinajstić information content (AvgIpc) is 2.92. The Morgan fingerprint density at radius 3 is 2.47 bits per heavy atom. The van der Waals surface area contributed by atoms with Crippen molar-refractivity contribution in [1.82, 2.24) is 4.90 Å². The van der Waals surface area contributed by atoms with Crippen LogP contribution in [0.25, 0.3) is 0 Å². The molecule has 1 saturated heterocycles. The predicted molar refractivity (Wildman–Crippen MR) is 69.5 cm³/mol. The van der Waals surface area contributed by atoms with Crippen molar-refractivity contribution in [3.8, 4) is 0 Å². The van der Waals surface area contributed by atoms with Gasteiger partial charge in [0.15, 0.2) is 0 Å². The van der Waals surface area contributed by atoms with Gasteiger partial charge in [-0.2, -0.15) is 0 Å². The average molecular weight is 267 g/mol. The Labute approximate surface area is 113 Å². The Bertz CT molecular complexity index is 426. The lowest BCUT2D eigenvalue weighted by Crippen LogP contribution is -2.46. The number of methoxy groups -OCH3 is 1. The monoisotopic (exact) mass is 267 g/mol. The molecule has 3 atom stereocenters. The molecule has 2 rings (SSSR count). The van der Waals surface area contributed by atoms with E-state index in [0.29, 0.717) is 6.42 Å². The minimum absolute atomic E-state index is 0.0175. The van der Waals surface area contributed by atoms with Crippen LogP contribution >= 0.6 is 0 Å². The minimum atomic E-state index is -0.577. The van der Waals surface area contributed by atoms with Gasteiger partial charge in [-0.15, -0.1) is 6.58 Å².